The predicted octanol–water partition coefficient (Wildman–Crippen LogP) is 1.46. The fourth-order valence-electron chi connectivity index (χ4n) is 1.60. The van der Waals surface area contributed by atoms with Crippen LogP contribution in [0, 0.1) is 5.92 Å². The van der Waals surface area contributed by atoms with Gasteiger partial charge in [0.25, 0.3) is 0 Å². The number of ether oxygens (including phenoxy) is 2. The monoisotopic (exact) mass is 229 g/mol. The summed E-state index contributed by atoms with van der Waals surface area (Å²) in [4.78, 5) is 23.1. The van der Waals surface area contributed by atoms with E-state index in [2.05, 4.69) is 10.1 Å². The maximum atomic E-state index is 11.5. The molecule has 0 radical (unpaired) electrons. The van der Waals surface area contributed by atoms with E-state index in [-0.39, 0.29) is 5.92 Å². The molecule has 16 heavy (non-hydrogen) atoms. The molecule has 0 spiro atoms. The first-order valence-corrected chi connectivity index (χ1v) is 5.31. The summed E-state index contributed by atoms with van der Waals surface area (Å²) in [5.74, 6) is -0.321. The van der Waals surface area contributed by atoms with E-state index in [4.69, 9.17) is 4.74 Å². The van der Waals surface area contributed by atoms with E-state index in [1.165, 1.54) is 7.11 Å². The summed E-state index contributed by atoms with van der Waals surface area (Å²) in [6.07, 6.45) is 0.0149. The highest BCUT2D eigenvalue weighted by atomic mass is 16.6. The molecule has 5 heteroatoms. The van der Waals surface area contributed by atoms with Crippen LogP contribution in [0.4, 0.5) is 4.79 Å². The summed E-state index contributed by atoms with van der Waals surface area (Å²) in [6, 6.07) is 0. The Hall–Kier alpha value is -1.26. The number of carbonyl (C=O) groups excluding carboxylic acids is 2. The molecule has 1 aliphatic carbocycles. The van der Waals surface area contributed by atoms with Crippen molar-refractivity contribution >= 4 is 12.1 Å². The van der Waals surface area contributed by atoms with Crippen LogP contribution in [0.3, 0.4) is 0 Å². The van der Waals surface area contributed by atoms with E-state index in [9.17, 15) is 9.59 Å². The van der Waals surface area contributed by atoms with Crippen molar-refractivity contribution in [2.45, 2.75) is 45.3 Å². The van der Waals surface area contributed by atoms with Crippen molar-refractivity contribution in [2.75, 3.05) is 7.11 Å². The second kappa shape index (κ2) is 3.96. The van der Waals surface area contributed by atoms with Crippen LogP contribution in [0.15, 0.2) is 0 Å². The number of rotatable bonds is 2. The van der Waals surface area contributed by atoms with Crippen LogP contribution >= 0.6 is 0 Å². The molecule has 1 amide bonds. The number of hydrogen-bond acceptors (Lipinski definition) is 4. The molecule has 0 aromatic carbocycles. The number of hydrogen-bond donors (Lipinski definition) is 1. The zero-order chi connectivity index (χ0) is 12.6. The van der Waals surface area contributed by atoms with Gasteiger partial charge in [0.05, 0.1) is 7.11 Å². The number of alkyl carbamates (subject to hydrolysis) is 1. The summed E-state index contributed by atoms with van der Waals surface area (Å²) < 4.78 is 9.77. The van der Waals surface area contributed by atoms with Crippen LogP contribution in [0.5, 0.6) is 0 Å². The van der Waals surface area contributed by atoms with Gasteiger partial charge in [0.2, 0.25) is 0 Å². The van der Waals surface area contributed by atoms with E-state index in [0.717, 1.165) is 0 Å². The van der Waals surface area contributed by atoms with E-state index >= 15 is 0 Å². The quantitative estimate of drug-likeness (QED) is 0.728. The summed E-state index contributed by atoms with van der Waals surface area (Å²) in [5.41, 5.74) is -1.45. The molecule has 0 heterocycles. The minimum atomic E-state index is -0.878. The Bertz CT molecular complexity index is 308. The first-order valence-electron chi connectivity index (χ1n) is 5.31. The number of amides is 1. The van der Waals surface area contributed by atoms with Crippen molar-refractivity contribution in [1.82, 2.24) is 5.32 Å². The molecule has 0 aromatic heterocycles. The Kier molecular flexibility index (Phi) is 3.17. The summed E-state index contributed by atoms with van der Waals surface area (Å²) >= 11 is 0. The fourth-order valence-corrected chi connectivity index (χ4v) is 1.60. The Morgan fingerprint density at radius 2 is 1.88 bits per heavy atom. The molecule has 1 rings (SSSR count). The van der Waals surface area contributed by atoms with Gasteiger partial charge >= 0.3 is 12.1 Å². The molecule has 1 aliphatic rings. The highest BCUT2D eigenvalue weighted by molar-refractivity contribution is 5.89. The predicted molar refractivity (Wildman–Crippen MR) is 57.9 cm³/mol. The van der Waals surface area contributed by atoms with Gasteiger partial charge in [0.1, 0.15) is 11.1 Å². The van der Waals surface area contributed by atoms with Crippen molar-refractivity contribution in [3.05, 3.63) is 0 Å². The lowest BCUT2D eigenvalue weighted by Crippen LogP contribution is -2.47. The number of nitrogens with one attached hydrogen (secondary N) is 1. The smallest absolute Gasteiger partial charge is 0.408 e. The van der Waals surface area contributed by atoms with Gasteiger partial charge in [0.15, 0.2) is 0 Å². The largest absolute Gasteiger partial charge is 0.467 e. The molecule has 0 bridgehead atoms. The molecule has 1 saturated carbocycles. The highest BCUT2D eigenvalue weighted by Crippen LogP contribution is 2.44. The van der Waals surface area contributed by atoms with Gasteiger partial charge in [-0.1, -0.05) is 6.92 Å². The highest BCUT2D eigenvalue weighted by Gasteiger charge is 2.60. The van der Waals surface area contributed by atoms with Gasteiger partial charge in [-0.15, -0.1) is 0 Å². The molecular weight excluding hydrogens is 210 g/mol. The summed E-state index contributed by atoms with van der Waals surface area (Å²) in [5, 5.41) is 2.59. The standard InChI is InChI=1S/C11H19NO4/c1-7-6-11(7,8(13)15-5)12-9(14)16-10(2,3)4/h7H,6H2,1-5H3,(H,12,14). The van der Waals surface area contributed by atoms with Crippen molar-refractivity contribution < 1.29 is 19.1 Å². The second-order valence-corrected chi connectivity index (χ2v) is 5.19. The van der Waals surface area contributed by atoms with Gasteiger partial charge in [-0.3, -0.25) is 0 Å². The van der Waals surface area contributed by atoms with Crippen molar-refractivity contribution in [3.8, 4) is 0 Å². The third-order valence-electron chi connectivity index (χ3n) is 2.58. The van der Waals surface area contributed by atoms with Gasteiger partial charge < -0.3 is 14.8 Å². The zero-order valence-electron chi connectivity index (χ0n) is 10.4. The zero-order valence-corrected chi connectivity index (χ0v) is 10.4. The SMILES string of the molecule is COC(=O)C1(NC(=O)OC(C)(C)C)CC1C. The third-order valence-corrected chi connectivity index (χ3v) is 2.58. The normalized spacial score (nSPS) is 28.2. The summed E-state index contributed by atoms with van der Waals surface area (Å²) in [6.45, 7) is 7.20. The lowest BCUT2D eigenvalue weighted by atomic mass is 10.2. The molecule has 0 aliphatic heterocycles. The fraction of sp³-hybridized carbons (Fsp3) is 0.818. The molecule has 1 N–H and O–H groups in total. The first-order chi connectivity index (χ1) is 7.21. The lowest BCUT2D eigenvalue weighted by molar-refractivity contribution is -0.144. The van der Waals surface area contributed by atoms with Crippen LogP contribution in [0.1, 0.15) is 34.1 Å². The Morgan fingerprint density at radius 1 is 1.38 bits per heavy atom. The van der Waals surface area contributed by atoms with Crippen LogP contribution in [-0.2, 0) is 14.3 Å². The van der Waals surface area contributed by atoms with Crippen molar-refractivity contribution in [1.29, 1.82) is 0 Å². The van der Waals surface area contributed by atoms with E-state index in [1.54, 1.807) is 20.8 Å². The van der Waals surface area contributed by atoms with Gasteiger partial charge in [0, 0.05) is 0 Å². The molecule has 2 unspecified atom stereocenters. The van der Waals surface area contributed by atoms with Crippen LogP contribution < -0.4 is 5.32 Å². The van der Waals surface area contributed by atoms with Crippen molar-refractivity contribution in [3.63, 3.8) is 0 Å². The molecule has 1 fully saturated rings. The van der Waals surface area contributed by atoms with Crippen LogP contribution in [-0.4, -0.2) is 30.3 Å². The van der Waals surface area contributed by atoms with Crippen LogP contribution in [0.2, 0.25) is 0 Å². The molecule has 2 atom stereocenters. The lowest BCUT2D eigenvalue weighted by Gasteiger charge is -2.22. The number of esters is 1. The maximum absolute atomic E-state index is 11.5. The van der Waals surface area contributed by atoms with E-state index in [1.807, 2.05) is 6.92 Å². The maximum Gasteiger partial charge on any atom is 0.408 e. The topological polar surface area (TPSA) is 64.6 Å². The molecule has 0 saturated heterocycles. The minimum Gasteiger partial charge on any atom is -0.467 e. The van der Waals surface area contributed by atoms with E-state index in [0.29, 0.717) is 6.42 Å². The van der Waals surface area contributed by atoms with E-state index < -0.39 is 23.2 Å². The van der Waals surface area contributed by atoms with Gasteiger partial charge in [-0.2, -0.15) is 0 Å². The van der Waals surface area contributed by atoms with Crippen molar-refractivity contribution in [2.24, 2.45) is 5.92 Å². The second-order valence-electron chi connectivity index (χ2n) is 5.19. The number of carbonyl (C=O) groups is 2. The van der Waals surface area contributed by atoms with Crippen LogP contribution in [0.25, 0.3) is 0 Å². The Labute approximate surface area is 95.5 Å². The molecule has 92 valence electrons. The average molecular weight is 229 g/mol. The Morgan fingerprint density at radius 3 is 2.19 bits per heavy atom. The minimum absolute atomic E-state index is 0.0902. The Balaban J connectivity index is 2.59. The third kappa shape index (κ3) is 2.65. The molecule has 0 aromatic rings. The molecular formula is C11H19NO4. The van der Waals surface area contributed by atoms with Gasteiger partial charge in [-0.05, 0) is 33.1 Å². The number of methoxy groups -OCH3 is 1. The average Bonchev–Trinajstić information content (AvgIpc) is 2.72. The summed E-state index contributed by atoms with van der Waals surface area (Å²) in [7, 11) is 1.31. The van der Waals surface area contributed by atoms with Gasteiger partial charge in [-0.25, -0.2) is 9.59 Å². The molecule has 5 nitrogen and oxygen atoms in total. The first kappa shape index (κ1) is 12.8.